The molecule has 0 aliphatic carbocycles. The number of fused-ring (bicyclic) bond motifs is 3. The third kappa shape index (κ3) is 6.52. The van der Waals surface area contributed by atoms with Crippen molar-refractivity contribution in [3.8, 4) is 28.0 Å². The van der Waals surface area contributed by atoms with Gasteiger partial charge < -0.3 is 23.9 Å². The maximum absolute atomic E-state index is 12.1. The number of furan rings is 1. The van der Waals surface area contributed by atoms with Crippen molar-refractivity contribution in [1.82, 2.24) is 5.32 Å². The maximum Gasteiger partial charge on any atom is 0.408 e. The number of amides is 1. The third-order valence-electron chi connectivity index (χ3n) is 6.64. The number of hydrogen-bond acceptors (Lipinski definition) is 6. The lowest BCUT2D eigenvalue weighted by Gasteiger charge is -2.22. The Morgan fingerprint density at radius 3 is 2.12 bits per heavy atom. The molecule has 1 atom stereocenters. The van der Waals surface area contributed by atoms with E-state index >= 15 is 0 Å². The van der Waals surface area contributed by atoms with Crippen molar-refractivity contribution in [1.29, 1.82) is 0 Å². The quantitative estimate of drug-likeness (QED) is 0.198. The van der Waals surface area contributed by atoms with Crippen LogP contribution in [0.4, 0.5) is 4.79 Å². The molecule has 0 radical (unpaired) electrons. The molecule has 1 N–H and O–H groups in total. The highest BCUT2D eigenvalue weighted by Crippen LogP contribution is 2.36. The minimum atomic E-state index is -0.877. The normalized spacial score (nSPS) is 12.2. The number of hydrogen-bond donors (Lipinski definition) is 1. The Balaban J connectivity index is 1.23. The molecular formula is C34H33NO6. The molecule has 0 bridgehead atoms. The van der Waals surface area contributed by atoms with Crippen LogP contribution in [0.5, 0.6) is 5.75 Å². The van der Waals surface area contributed by atoms with Gasteiger partial charge in [0.05, 0.1) is 13.7 Å². The predicted octanol–water partition coefficient (Wildman–Crippen LogP) is 7.76. The maximum atomic E-state index is 12.1. The summed E-state index contributed by atoms with van der Waals surface area (Å²) in [5, 5.41) is 4.77. The molecule has 7 heteroatoms. The fourth-order valence-corrected chi connectivity index (χ4v) is 4.70. The molecular weight excluding hydrogens is 518 g/mol. The summed E-state index contributed by atoms with van der Waals surface area (Å²) in [6.45, 7) is 5.47. The molecule has 210 valence electrons. The summed E-state index contributed by atoms with van der Waals surface area (Å²) in [6, 6.07) is 29.6. The number of benzene rings is 4. The second-order valence-corrected chi connectivity index (χ2v) is 10.7. The molecule has 7 nitrogen and oxygen atoms in total. The first kappa shape index (κ1) is 27.8. The van der Waals surface area contributed by atoms with Crippen molar-refractivity contribution in [2.75, 3.05) is 13.7 Å². The molecule has 1 amide bonds. The zero-order chi connectivity index (χ0) is 29.0. The number of carbonyl (C=O) groups excluding carboxylic acids is 2. The first-order valence-electron chi connectivity index (χ1n) is 13.5. The highest BCUT2D eigenvalue weighted by molar-refractivity contribution is 6.09. The van der Waals surface area contributed by atoms with Crippen molar-refractivity contribution in [2.24, 2.45) is 0 Å². The van der Waals surface area contributed by atoms with Crippen LogP contribution < -0.4 is 10.1 Å². The van der Waals surface area contributed by atoms with Crippen LogP contribution in [0.2, 0.25) is 0 Å². The topological polar surface area (TPSA) is 87.0 Å². The number of methoxy groups -OCH3 is 1. The number of alkyl carbamates (subject to hydrolysis) is 1. The van der Waals surface area contributed by atoms with Gasteiger partial charge in [0.15, 0.2) is 0 Å². The monoisotopic (exact) mass is 551 g/mol. The van der Waals surface area contributed by atoms with Crippen LogP contribution in [0.1, 0.15) is 27.2 Å². The van der Waals surface area contributed by atoms with Crippen LogP contribution in [0.3, 0.4) is 0 Å². The molecule has 41 heavy (non-hydrogen) atoms. The van der Waals surface area contributed by atoms with Crippen LogP contribution >= 0.6 is 0 Å². The minimum absolute atomic E-state index is 0.205. The Bertz CT molecular complexity index is 1660. The number of esters is 1. The van der Waals surface area contributed by atoms with Crippen molar-refractivity contribution in [3.05, 3.63) is 91.0 Å². The fraction of sp³-hybridized carbons (Fsp3) is 0.235. The van der Waals surface area contributed by atoms with Gasteiger partial charge in [-0.2, -0.15) is 0 Å². The molecule has 0 aliphatic heterocycles. The Labute approximate surface area is 239 Å². The van der Waals surface area contributed by atoms with Gasteiger partial charge in [-0.15, -0.1) is 0 Å². The van der Waals surface area contributed by atoms with Gasteiger partial charge in [0.2, 0.25) is 0 Å². The van der Waals surface area contributed by atoms with E-state index in [0.29, 0.717) is 5.75 Å². The van der Waals surface area contributed by atoms with Gasteiger partial charge in [0.25, 0.3) is 0 Å². The summed E-state index contributed by atoms with van der Waals surface area (Å²) in [5.41, 5.74) is 5.35. The van der Waals surface area contributed by atoms with Gasteiger partial charge in [-0.25, -0.2) is 9.59 Å². The number of rotatable bonds is 8. The molecule has 0 saturated carbocycles. The van der Waals surface area contributed by atoms with Crippen LogP contribution in [0, 0.1) is 0 Å². The van der Waals surface area contributed by atoms with E-state index in [9.17, 15) is 9.59 Å². The molecule has 5 aromatic rings. The van der Waals surface area contributed by atoms with E-state index in [2.05, 4.69) is 53.8 Å². The smallest absolute Gasteiger partial charge is 0.408 e. The van der Waals surface area contributed by atoms with Gasteiger partial charge >= 0.3 is 12.1 Å². The highest BCUT2D eigenvalue weighted by atomic mass is 16.6. The van der Waals surface area contributed by atoms with Crippen molar-refractivity contribution in [2.45, 2.75) is 38.8 Å². The number of carbonyl (C=O) groups is 2. The SMILES string of the molecule is COC(=O)C(CCOc1ccc(-c2ccc(-c3cccc4c3oc3ccccc34)cc2)cc1)NC(=O)OC(C)(C)C. The molecule has 0 saturated heterocycles. The van der Waals surface area contributed by atoms with Crippen LogP contribution in [0.25, 0.3) is 44.2 Å². The highest BCUT2D eigenvalue weighted by Gasteiger charge is 2.25. The Hall–Kier alpha value is -4.78. The predicted molar refractivity (Wildman–Crippen MR) is 160 cm³/mol. The van der Waals surface area contributed by atoms with E-state index in [1.807, 2.05) is 42.5 Å². The Morgan fingerprint density at radius 2 is 1.44 bits per heavy atom. The van der Waals surface area contributed by atoms with Crippen molar-refractivity contribution >= 4 is 34.0 Å². The molecule has 0 aliphatic rings. The zero-order valence-corrected chi connectivity index (χ0v) is 23.6. The Kier molecular flexibility index (Phi) is 7.97. The van der Waals surface area contributed by atoms with Gasteiger partial charge in [-0.1, -0.05) is 72.8 Å². The van der Waals surface area contributed by atoms with Crippen molar-refractivity contribution < 1.29 is 28.2 Å². The van der Waals surface area contributed by atoms with E-state index in [1.54, 1.807) is 20.8 Å². The molecule has 0 spiro atoms. The Morgan fingerprint density at radius 1 is 0.805 bits per heavy atom. The third-order valence-corrected chi connectivity index (χ3v) is 6.64. The van der Waals surface area contributed by atoms with Gasteiger partial charge in [-0.3, -0.25) is 0 Å². The average Bonchev–Trinajstić information content (AvgIpc) is 3.35. The van der Waals surface area contributed by atoms with E-state index in [4.69, 9.17) is 18.6 Å². The van der Waals surface area contributed by atoms with Crippen molar-refractivity contribution in [3.63, 3.8) is 0 Å². The largest absolute Gasteiger partial charge is 0.494 e. The lowest BCUT2D eigenvalue weighted by atomic mass is 9.99. The minimum Gasteiger partial charge on any atom is -0.494 e. The number of nitrogens with one attached hydrogen (secondary N) is 1. The second kappa shape index (κ2) is 11.8. The lowest BCUT2D eigenvalue weighted by molar-refractivity contribution is -0.143. The van der Waals surface area contributed by atoms with Crippen LogP contribution in [-0.4, -0.2) is 37.4 Å². The van der Waals surface area contributed by atoms with E-state index in [0.717, 1.165) is 44.2 Å². The van der Waals surface area contributed by atoms with E-state index < -0.39 is 23.7 Å². The first-order valence-corrected chi connectivity index (χ1v) is 13.5. The second-order valence-electron chi connectivity index (χ2n) is 10.7. The molecule has 5 rings (SSSR count). The number of ether oxygens (including phenoxy) is 3. The molecule has 1 aromatic heterocycles. The standard InChI is InChI=1S/C34H33NO6/c1-34(2,3)41-33(37)35-29(32(36)38-4)20-21-39-25-18-16-23(17-19-25)22-12-14-24(15-13-22)26-9-7-10-28-27-8-5-6-11-30(27)40-31(26)28/h5-19,29H,20-21H2,1-4H3,(H,35,37). The number of para-hydroxylation sites is 2. The van der Waals surface area contributed by atoms with E-state index in [-0.39, 0.29) is 13.0 Å². The molecule has 1 unspecified atom stereocenters. The van der Waals surface area contributed by atoms with Gasteiger partial charge in [0.1, 0.15) is 28.6 Å². The first-order chi connectivity index (χ1) is 19.7. The lowest BCUT2D eigenvalue weighted by Crippen LogP contribution is -2.44. The van der Waals surface area contributed by atoms with Crippen LogP contribution in [-0.2, 0) is 14.3 Å². The van der Waals surface area contributed by atoms with Gasteiger partial charge in [-0.05, 0) is 55.7 Å². The summed E-state index contributed by atoms with van der Waals surface area (Å²) >= 11 is 0. The molecule has 4 aromatic carbocycles. The zero-order valence-electron chi connectivity index (χ0n) is 23.6. The summed E-state index contributed by atoms with van der Waals surface area (Å²) < 4.78 is 22.1. The van der Waals surface area contributed by atoms with Gasteiger partial charge in [0, 0.05) is 22.8 Å². The average molecular weight is 552 g/mol. The van der Waals surface area contributed by atoms with Crippen LogP contribution in [0.15, 0.2) is 95.4 Å². The molecule has 0 fully saturated rings. The summed E-state index contributed by atoms with van der Waals surface area (Å²) in [5.74, 6) is 0.0950. The summed E-state index contributed by atoms with van der Waals surface area (Å²) in [7, 11) is 1.28. The fourth-order valence-electron chi connectivity index (χ4n) is 4.70. The molecule has 1 heterocycles. The van der Waals surface area contributed by atoms with E-state index in [1.165, 1.54) is 7.11 Å². The summed E-state index contributed by atoms with van der Waals surface area (Å²) in [4.78, 5) is 24.2. The summed E-state index contributed by atoms with van der Waals surface area (Å²) in [6.07, 6.45) is -0.454.